The average Bonchev–Trinajstić information content (AvgIpc) is 3.62. The summed E-state index contributed by atoms with van der Waals surface area (Å²) in [5.41, 5.74) is 5.09. The maximum absolute atomic E-state index is 13.0. The highest BCUT2D eigenvalue weighted by Gasteiger charge is 2.57. The number of benzene rings is 2. The second-order valence-corrected chi connectivity index (χ2v) is 15.9. The molecule has 2 aromatic carbocycles. The van der Waals surface area contributed by atoms with Crippen LogP contribution in [0.5, 0.6) is 0 Å². The van der Waals surface area contributed by atoms with Gasteiger partial charge in [0.1, 0.15) is 22.9 Å². The van der Waals surface area contributed by atoms with Gasteiger partial charge in [0.2, 0.25) is 0 Å². The van der Waals surface area contributed by atoms with Crippen molar-refractivity contribution in [3.05, 3.63) is 72.6 Å². The van der Waals surface area contributed by atoms with Gasteiger partial charge in [0.25, 0.3) is 0 Å². The molecule has 2 saturated carbocycles. The van der Waals surface area contributed by atoms with E-state index >= 15 is 0 Å². The molecule has 2 aromatic heterocycles. The highest BCUT2D eigenvalue weighted by atomic mass is 16.6. The summed E-state index contributed by atoms with van der Waals surface area (Å²) in [6.07, 6.45) is 7.12. The molecule has 10 nitrogen and oxygen atoms in total. The second kappa shape index (κ2) is 11.0. The summed E-state index contributed by atoms with van der Waals surface area (Å²) in [4.78, 5) is 46.2. The van der Waals surface area contributed by atoms with E-state index in [2.05, 4.69) is 58.5 Å². The molecule has 10 heteroatoms. The van der Waals surface area contributed by atoms with Gasteiger partial charge in [0.05, 0.1) is 35.9 Å². The van der Waals surface area contributed by atoms with Crippen LogP contribution in [-0.4, -0.2) is 65.2 Å². The molecule has 2 saturated heterocycles. The lowest BCUT2D eigenvalue weighted by Gasteiger charge is -2.29. The van der Waals surface area contributed by atoms with E-state index in [1.165, 1.54) is 0 Å². The Hall–Kier alpha value is -4.60. The summed E-state index contributed by atoms with van der Waals surface area (Å²) in [6, 6.07) is 17.2. The molecule has 6 atom stereocenters. The zero-order valence-electron chi connectivity index (χ0n) is 28.5. The van der Waals surface area contributed by atoms with Crippen molar-refractivity contribution >= 4 is 12.2 Å². The number of fused-ring (bicyclic) bond motifs is 2. The Morgan fingerprint density at radius 1 is 0.604 bits per heavy atom. The molecular weight excluding hydrogens is 604 g/mol. The zero-order chi connectivity index (χ0) is 33.5. The van der Waals surface area contributed by atoms with E-state index in [1.807, 2.05) is 63.7 Å². The van der Waals surface area contributed by atoms with E-state index in [0.717, 1.165) is 71.0 Å². The van der Waals surface area contributed by atoms with Crippen LogP contribution in [0.15, 0.2) is 60.9 Å². The minimum absolute atomic E-state index is 0.0891. The van der Waals surface area contributed by atoms with E-state index in [0.29, 0.717) is 11.8 Å². The van der Waals surface area contributed by atoms with Gasteiger partial charge in [-0.15, -0.1) is 0 Å². The molecule has 8 rings (SSSR count). The summed E-state index contributed by atoms with van der Waals surface area (Å²) >= 11 is 0. The van der Waals surface area contributed by atoms with E-state index in [1.54, 1.807) is 0 Å². The molecule has 4 aliphatic rings. The average molecular weight is 649 g/mol. The summed E-state index contributed by atoms with van der Waals surface area (Å²) in [5, 5.41) is 0. The normalized spacial score (nSPS) is 25.9. The molecular formula is C38H44N6O4. The summed E-state index contributed by atoms with van der Waals surface area (Å²) < 4.78 is 11.4. The van der Waals surface area contributed by atoms with Crippen LogP contribution in [0.2, 0.25) is 0 Å². The molecule has 0 spiro atoms. The summed E-state index contributed by atoms with van der Waals surface area (Å²) in [6.45, 7) is 11.4. The van der Waals surface area contributed by atoms with Gasteiger partial charge in [-0.2, -0.15) is 0 Å². The number of amides is 2. The lowest BCUT2D eigenvalue weighted by molar-refractivity contribution is 0.0164. The third-order valence-corrected chi connectivity index (χ3v) is 9.96. The van der Waals surface area contributed by atoms with Gasteiger partial charge in [0.15, 0.2) is 0 Å². The van der Waals surface area contributed by atoms with Gasteiger partial charge in [0, 0.05) is 12.1 Å². The van der Waals surface area contributed by atoms with Crippen molar-refractivity contribution in [3.63, 3.8) is 0 Å². The minimum atomic E-state index is -0.532. The predicted molar refractivity (Wildman–Crippen MR) is 182 cm³/mol. The number of carbonyl (C=O) groups is 2. The predicted octanol–water partition coefficient (Wildman–Crippen LogP) is 8.27. The second-order valence-electron chi connectivity index (χ2n) is 15.9. The first-order chi connectivity index (χ1) is 22.8. The summed E-state index contributed by atoms with van der Waals surface area (Å²) in [5.74, 6) is 2.69. The number of hydrogen-bond donors (Lipinski definition) is 2. The van der Waals surface area contributed by atoms with Crippen molar-refractivity contribution in [2.75, 3.05) is 0 Å². The molecule has 2 amide bonds. The number of ether oxygens (including phenoxy) is 2. The van der Waals surface area contributed by atoms with Crippen molar-refractivity contribution in [3.8, 4) is 33.6 Å². The summed E-state index contributed by atoms with van der Waals surface area (Å²) in [7, 11) is 0. The number of nitrogens with one attached hydrogen (secondary N) is 2. The van der Waals surface area contributed by atoms with Crippen LogP contribution in [0.1, 0.15) is 91.0 Å². The third kappa shape index (κ3) is 5.86. The maximum Gasteiger partial charge on any atom is 0.411 e. The van der Waals surface area contributed by atoms with Crippen LogP contribution < -0.4 is 0 Å². The first-order valence-corrected chi connectivity index (χ1v) is 17.1. The Kier molecular flexibility index (Phi) is 7.02. The molecule has 250 valence electrons. The van der Waals surface area contributed by atoms with Crippen molar-refractivity contribution in [2.24, 2.45) is 11.8 Å². The molecule has 2 N–H and O–H groups in total. The van der Waals surface area contributed by atoms with Crippen molar-refractivity contribution in [1.29, 1.82) is 0 Å². The number of aromatic nitrogens is 4. The molecule has 0 radical (unpaired) electrons. The molecule has 1 unspecified atom stereocenters. The van der Waals surface area contributed by atoms with Gasteiger partial charge in [-0.25, -0.2) is 19.6 Å². The highest BCUT2D eigenvalue weighted by molar-refractivity contribution is 5.73. The van der Waals surface area contributed by atoms with E-state index in [9.17, 15) is 9.59 Å². The first-order valence-electron chi connectivity index (χ1n) is 17.1. The van der Waals surface area contributed by atoms with Crippen molar-refractivity contribution in [2.45, 2.75) is 103 Å². The number of aromatic amines is 2. The first kappa shape index (κ1) is 30.7. The van der Waals surface area contributed by atoms with Crippen LogP contribution in [-0.2, 0) is 9.47 Å². The third-order valence-electron chi connectivity index (χ3n) is 9.96. The number of imidazole rings is 2. The van der Waals surface area contributed by atoms with E-state index in [-0.39, 0.29) is 36.4 Å². The smallest absolute Gasteiger partial charge is 0.411 e. The molecule has 2 aliphatic heterocycles. The number of piperidine rings is 2. The van der Waals surface area contributed by atoms with Gasteiger partial charge < -0.3 is 19.4 Å². The molecule has 2 aliphatic carbocycles. The molecule has 4 fully saturated rings. The fraction of sp³-hybridized carbons (Fsp3) is 0.474. The lowest BCUT2D eigenvalue weighted by Crippen LogP contribution is -2.38. The number of carbonyl (C=O) groups excluding carboxylic acids is 2. The number of likely N-dealkylation sites (tertiary alicyclic amines) is 2. The fourth-order valence-electron chi connectivity index (χ4n) is 7.55. The van der Waals surface area contributed by atoms with Crippen LogP contribution >= 0.6 is 0 Å². The van der Waals surface area contributed by atoms with Crippen LogP contribution in [0, 0.1) is 11.8 Å². The number of hydrogen-bond acceptors (Lipinski definition) is 6. The quantitative estimate of drug-likeness (QED) is 0.225. The Labute approximate surface area is 281 Å². The Balaban J connectivity index is 0.935. The lowest BCUT2D eigenvalue weighted by atomic mass is 10.0. The van der Waals surface area contributed by atoms with Gasteiger partial charge in [-0.3, -0.25) is 9.80 Å². The van der Waals surface area contributed by atoms with Crippen LogP contribution in [0.4, 0.5) is 9.59 Å². The molecule has 4 heterocycles. The van der Waals surface area contributed by atoms with Crippen LogP contribution in [0.25, 0.3) is 33.6 Å². The van der Waals surface area contributed by atoms with Crippen molar-refractivity contribution in [1.82, 2.24) is 29.7 Å². The SMILES string of the molecule is CC(C)(C)OC(=O)N1C(c2ncc(-c3ccc(-c4ccc(-c5cnc([C@@H]6C[C@H]7C[C@H]7N6C(=O)OC(C)(C)C)[nH]5)cc4)cc3)[nH]2)C[C@H]2C[C@H]21. The minimum Gasteiger partial charge on any atom is -0.444 e. The standard InChI is InChI=1S/C38H44N6O4/c1-37(2,3)47-35(45)43-29-15-25(29)17-31(43)33-39-19-27(41-33)23-11-7-21(8-12-23)22-9-13-24(14-10-22)28-20-40-34(42-28)32-18-26-16-30(26)44(32)36(46)48-38(4,5)6/h7-14,19-20,25-26,29-32H,15-18H2,1-6H3,(H,39,41)(H,40,42)/t25-,26-,29-,30-,31+,32?/m1/s1. The van der Waals surface area contributed by atoms with E-state index < -0.39 is 11.2 Å². The Morgan fingerprint density at radius 3 is 1.31 bits per heavy atom. The largest absolute Gasteiger partial charge is 0.444 e. The Morgan fingerprint density at radius 2 is 0.958 bits per heavy atom. The molecule has 0 bridgehead atoms. The highest BCUT2D eigenvalue weighted by Crippen LogP contribution is 2.54. The van der Waals surface area contributed by atoms with Gasteiger partial charge >= 0.3 is 12.2 Å². The van der Waals surface area contributed by atoms with E-state index in [4.69, 9.17) is 19.4 Å². The van der Waals surface area contributed by atoms with Gasteiger partial charge in [-0.05, 0) is 101 Å². The monoisotopic (exact) mass is 648 g/mol. The fourth-order valence-corrected chi connectivity index (χ4v) is 7.55. The number of H-pyrrole nitrogens is 2. The van der Waals surface area contributed by atoms with Gasteiger partial charge in [-0.1, -0.05) is 48.5 Å². The molecule has 48 heavy (non-hydrogen) atoms. The molecule has 4 aromatic rings. The number of nitrogens with zero attached hydrogens (tertiary/aromatic N) is 4. The Bertz CT molecular complexity index is 1710. The maximum atomic E-state index is 13.0. The van der Waals surface area contributed by atoms with Crippen molar-refractivity contribution < 1.29 is 19.1 Å². The van der Waals surface area contributed by atoms with Crippen LogP contribution in [0.3, 0.4) is 0 Å². The topological polar surface area (TPSA) is 116 Å². The zero-order valence-corrected chi connectivity index (χ0v) is 28.5. The number of rotatable bonds is 5.